The van der Waals surface area contributed by atoms with Crippen LogP contribution in [0.15, 0.2) is 18.2 Å². The van der Waals surface area contributed by atoms with E-state index < -0.39 is 0 Å². The molecule has 1 aromatic rings. The summed E-state index contributed by atoms with van der Waals surface area (Å²) in [7, 11) is 3.65. The standard InChI is InChI=1S/C14H23ClN2O/c1-5-17(11(2)10-18-4)13-7-6-12(9-16-3)14(15)8-13/h6-8,11,16H,5,9-10H2,1-4H3. The molecule has 0 radical (unpaired) electrons. The van der Waals surface area contributed by atoms with Crippen molar-refractivity contribution < 1.29 is 4.74 Å². The Morgan fingerprint density at radius 2 is 2.17 bits per heavy atom. The van der Waals surface area contributed by atoms with Gasteiger partial charge in [-0.3, -0.25) is 0 Å². The molecular weight excluding hydrogens is 248 g/mol. The maximum Gasteiger partial charge on any atom is 0.0663 e. The number of anilines is 1. The predicted molar refractivity (Wildman–Crippen MR) is 78.6 cm³/mol. The molecule has 0 aliphatic carbocycles. The molecule has 0 amide bonds. The van der Waals surface area contributed by atoms with Crippen molar-refractivity contribution >= 4 is 17.3 Å². The Labute approximate surface area is 115 Å². The Morgan fingerprint density at radius 3 is 2.67 bits per heavy atom. The molecule has 1 atom stereocenters. The Kier molecular flexibility index (Phi) is 6.47. The van der Waals surface area contributed by atoms with Crippen molar-refractivity contribution in [2.75, 3.05) is 32.2 Å². The van der Waals surface area contributed by atoms with Crippen LogP contribution in [0.2, 0.25) is 5.02 Å². The minimum Gasteiger partial charge on any atom is -0.383 e. The first-order valence-electron chi connectivity index (χ1n) is 6.32. The van der Waals surface area contributed by atoms with E-state index in [1.165, 1.54) is 0 Å². The van der Waals surface area contributed by atoms with Crippen LogP contribution in [0.1, 0.15) is 19.4 Å². The predicted octanol–water partition coefficient (Wildman–Crippen LogP) is 2.92. The van der Waals surface area contributed by atoms with Crippen molar-refractivity contribution in [3.63, 3.8) is 0 Å². The fourth-order valence-corrected chi connectivity index (χ4v) is 2.37. The third-order valence-electron chi connectivity index (χ3n) is 3.02. The van der Waals surface area contributed by atoms with Gasteiger partial charge in [0.1, 0.15) is 0 Å². The topological polar surface area (TPSA) is 24.5 Å². The number of hydrogen-bond donors (Lipinski definition) is 1. The zero-order valence-electron chi connectivity index (χ0n) is 11.7. The molecular formula is C14H23ClN2O. The normalized spacial score (nSPS) is 12.5. The van der Waals surface area contributed by atoms with Gasteiger partial charge in [0.15, 0.2) is 0 Å². The smallest absolute Gasteiger partial charge is 0.0663 e. The van der Waals surface area contributed by atoms with E-state index in [4.69, 9.17) is 16.3 Å². The van der Waals surface area contributed by atoms with Crippen LogP contribution >= 0.6 is 11.6 Å². The summed E-state index contributed by atoms with van der Waals surface area (Å²) in [6, 6.07) is 6.57. The molecule has 0 bridgehead atoms. The van der Waals surface area contributed by atoms with Crippen LogP contribution in [-0.2, 0) is 11.3 Å². The van der Waals surface area contributed by atoms with E-state index in [2.05, 4.69) is 36.2 Å². The summed E-state index contributed by atoms with van der Waals surface area (Å²) in [5.41, 5.74) is 2.27. The second kappa shape index (κ2) is 7.62. The van der Waals surface area contributed by atoms with Gasteiger partial charge in [-0.25, -0.2) is 0 Å². The molecule has 0 spiro atoms. The van der Waals surface area contributed by atoms with E-state index in [-0.39, 0.29) is 0 Å². The Balaban J connectivity index is 2.90. The van der Waals surface area contributed by atoms with Gasteiger partial charge in [0.25, 0.3) is 0 Å². The molecule has 1 aromatic carbocycles. The number of ether oxygens (including phenoxy) is 1. The van der Waals surface area contributed by atoms with E-state index in [0.29, 0.717) is 12.6 Å². The molecule has 3 nitrogen and oxygen atoms in total. The monoisotopic (exact) mass is 270 g/mol. The van der Waals surface area contributed by atoms with Gasteiger partial charge in [-0.1, -0.05) is 17.7 Å². The van der Waals surface area contributed by atoms with Gasteiger partial charge in [-0.2, -0.15) is 0 Å². The Morgan fingerprint density at radius 1 is 1.44 bits per heavy atom. The maximum atomic E-state index is 6.29. The lowest BCUT2D eigenvalue weighted by Gasteiger charge is -2.30. The van der Waals surface area contributed by atoms with Crippen LogP contribution in [-0.4, -0.2) is 33.4 Å². The second-order valence-electron chi connectivity index (χ2n) is 4.40. The van der Waals surface area contributed by atoms with Gasteiger partial charge in [0.05, 0.1) is 6.61 Å². The highest BCUT2D eigenvalue weighted by molar-refractivity contribution is 6.31. The van der Waals surface area contributed by atoms with E-state index in [1.807, 2.05) is 13.1 Å². The highest BCUT2D eigenvalue weighted by atomic mass is 35.5. The molecule has 0 heterocycles. The lowest BCUT2D eigenvalue weighted by molar-refractivity contribution is 0.182. The molecule has 4 heteroatoms. The molecule has 102 valence electrons. The molecule has 0 saturated carbocycles. The minimum atomic E-state index is 0.339. The van der Waals surface area contributed by atoms with Gasteiger partial charge in [-0.05, 0) is 38.6 Å². The van der Waals surface area contributed by atoms with Crippen molar-refractivity contribution in [3.05, 3.63) is 28.8 Å². The number of likely N-dealkylation sites (N-methyl/N-ethyl adjacent to an activating group) is 1. The van der Waals surface area contributed by atoms with Gasteiger partial charge in [-0.15, -0.1) is 0 Å². The van der Waals surface area contributed by atoms with E-state index in [0.717, 1.165) is 29.4 Å². The van der Waals surface area contributed by atoms with Crippen LogP contribution in [0.3, 0.4) is 0 Å². The van der Waals surface area contributed by atoms with E-state index >= 15 is 0 Å². The molecule has 0 aliphatic rings. The van der Waals surface area contributed by atoms with Crippen molar-refractivity contribution in [2.45, 2.75) is 26.4 Å². The number of halogens is 1. The second-order valence-corrected chi connectivity index (χ2v) is 4.80. The first kappa shape index (κ1) is 15.3. The minimum absolute atomic E-state index is 0.339. The highest BCUT2D eigenvalue weighted by Crippen LogP contribution is 2.25. The van der Waals surface area contributed by atoms with E-state index in [9.17, 15) is 0 Å². The molecule has 0 aliphatic heterocycles. The first-order valence-corrected chi connectivity index (χ1v) is 6.70. The Bertz CT molecular complexity index is 371. The van der Waals surface area contributed by atoms with Crippen molar-refractivity contribution in [1.82, 2.24) is 5.32 Å². The summed E-state index contributed by atoms with van der Waals surface area (Å²) in [4.78, 5) is 2.29. The summed E-state index contributed by atoms with van der Waals surface area (Å²) in [6.07, 6.45) is 0. The lowest BCUT2D eigenvalue weighted by Crippen LogP contribution is -2.36. The molecule has 0 aromatic heterocycles. The fourth-order valence-electron chi connectivity index (χ4n) is 2.13. The number of nitrogens with zero attached hydrogens (tertiary/aromatic N) is 1. The largest absolute Gasteiger partial charge is 0.383 e. The third-order valence-corrected chi connectivity index (χ3v) is 3.37. The first-order chi connectivity index (χ1) is 8.63. The van der Waals surface area contributed by atoms with Gasteiger partial charge in [0, 0.05) is 37.0 Å². The molecule has 18 heavy (non-hydrogen) atoms. The lowest BCUT2D eigenvalue weighted by atomic mass is 10.1. The average Bonchev–Trinajstić information content (AvgIpc) is 2.34. The quantitative estimate of drug-likeness (QED) is 0.825. The summed E-state index contributed by atoms with van der Waals surface area (Å²) in [6.45, 7) is 6.73. The van der Waals surface area contributed by atoms with Crippen molar-refractivity contribution in [1.29, 1.82) is 0 Å². The molecule has 0 saturated heterocycles. The number of benzene rings is 1. The van der Waals surface area contributed by atoms with Crippen LogP contribution in [0.5, 0.6) is 0 Å². The number of rotatable bonds is 7. The van der Waals surface area contributed by atoms with Crippen LogP contribution in [0.4, 0.5) is 5.69 Å². The van der Waals surface area contributed by atoms with Crippen LogP contribution in [0, 0.1) is 0 Å². The zero-order valence-corrected chi connectivity index (χ0v) is 12.4. The van der Waals surface area contributed by atoms with Gasteiger partial charge in [0.2, 0.25) is 0 Å². The van der Waals surface area contributed by atoms with Crippen LogP contribution < -0.4 is 10.2 Å². The van der Waals surface area contributed by atoms with Gasteiger partial charge < -0.3 is 15.0 Å². The fraction of sp³-hybridized carbons (Fsp3) is 0.571. The summed E-state index contributed by atoms with van der Waals surface area (Å²) in [5, 5.41) is 3.92. The summed E-state index contributed by atoms with van der Waals surface area (Å²) in [5.74, 6) is 0. The Hall–Kier alpha value is -0.770. The molecule has 1 rings (SSSR count). The van der Waals surface area contributed by atoms with Crippen molar-refractivity contribution in [2.24, 2.45) is 0 Å². The van der Waals surface area contributed by atoms with E-state index in [1.54, 1.807) is 7.11 Å². The average molecular weight is 271 g/mol. The van der Waals surface area contributed by atoms with Crippen LogP contribution in [0.25, 0.3) is 0 Å². The highest BCUT2D eigenvalue weighted by Gasteiger charge is 2.13. The number of nitrogens with one attached hydrogen (secondary N) is 1. The van der Waals surface area contributed by atoms with Gasteiger partial charge >= 0.3 is 0 Å². The van der Waals surface area contributed by atoms with Crippen molar-refractivity contribution in [3.8, 4) is 0 Å². The molecule has 1 N–H and O–H groups in total. The SMILES string of the molecule is CCN(c1ccc(CNC)c(Cl)c1)C(C)COC. The maximum absolute atomic E-state index is 6.29. The number of methoxy groups -OCH3 is 1. The molecule has 0 fully saturated rings. The zero-order chi connectivity index (χ0) is 13.5. The summed E-state index contributed by atoms with van der Waals surface area (Å²) < 4.78 is 5.22. The summed E-state index contributed by atoms with van der Waals surface area (Å²) >= 11 is 6.29. The third kappa shape index (κ3) is 3.87. The molecule has 1 unspecified atom stereocenters. The number of hydrogen-bond acceptors (Lipinski definition) is 3.